The molecule has 8 aromatic rings. The molecule has 0 N–H and O–H groups in total. The van der Waals surface area contributed by atoms with Crippen LogP contribution in [0.3, 0.4) is 0 Å². The molecule has 0 fully saturated rings. The Morgan fingerprint density at radius 2 is 1.06 bits per heavy atom. The monoisotopic (exact) mass is 643 g/mol. The van der Waals surface area contributed by atoms with Crippen LogP contribution in [0.2, 0.25) is 0 Å². The Bertz CT molecular complexity index is 2510. The van der Waals surface area contributed by atoms with Crippen LogP contribution in [0.4, 0.5) is 17.1 Å². The van der Waals surface area contributed by atoms with Crippen LogP contribution in [0.5, 0.6) is 0 Å². The molecular formula is C47H37N3. The van der Waals surface area contributed by atoms with Gasteiger partial charge in [-0.3, -0.25) is 0 Å². The van der Waals surface area contributed by atoms with Crippen molar-refractivity contribution < 1.29 is 0 Å². The van der Waals surface area contributed by atoms with Crippen molar-refractivity contribution in [3.05, 3.63) is 175 Å². The van der Waals surface area contributed by atoms with E-state index < -0.39 is 0 Å². The third-order valence-electron chi connectivity index (χ3n) is 10.7. The Morgan fingerprint density at radius 3 is 1.82 bits per heavy atom. The second-order valence-electron chi connectivity index (χ2n) is 13.2. The van der Waals surface area contributed by atoms with E-state index in [4.69, 9.17) is 9.97 Å². The van der Waals surface area contributed by atoms with Crippen LogP contribution in [0.1, 0.15) is 37.8 Å². The van der Waals surface area contributed by atoms with Crippen molar-refractivity contribution >= 4 is 38.9 Å². The molecular weight excluding hydrogens is 607 g/mol. The number of para-hydroxylation sites is 3. The van der Waals surface area contributed by atoms with E-state index in [1.807, 2.05) is 12.1 Å². The van der Waals surface area contributed by atoms with Gasteiger partial charge in [0.15, 0.2) is 0 Å². The van der Waals surface area contributed by atoms with Crippen molar-refractivity contribution in [2.75, 3.05) is 4.90 Å². The molecule has 0 aliphatic heterocycles. The van der Waals surface area contributed by atoms with Gasteiger partial charge in [0, 0.05) is 33.3 Å². The molecule has 1 heterocycles. The average Bonchev–Trinajstić information content (AvgIpc) is 3.47. The predicted octanol–water partition coefficient (Wildman–Crippen LogP) is 12.7. The molecule has 0 atom stereocenters. The Morgan fingerprint density at radius 1 is 0.480 bits per heavy atom. The molecule has 1 aliphatic carbocycles. The summed E-state index contributed by atoms with van der Waals surface area (Å²) < 4.78 is 0. The normalized spacial score (nSPS) is 12.9. The van der Waals surface area contributed by atoms with Gasteiger partial charge in [0.05, 0.1) is 28.1 Å². The lowest BCUT2D eigenvalue weighted by molar-refractivity contribution is 0.490. The molecule has 50 heavy (non-hydrogen) atoms. The summed E-state index contributed by atoms with van der Waals surface area (Å²) in [6, 6.07) is 58.6. The van der Waals surface area contributed by atoms with Gasteiger partial charge >= 0.3 is 0 Å². The van der Waals surface area contributed by atoms with Crippen LogP contribution >= 0.6 is 0 Å². The van der Waals surface area contributed by atoms with E-state index in [1.165, 1.54) is 33.0 Å². The third kappa shape index (κ3) is 4.73. The lowest BCUT2D eigenvalue weighted by Gasteiger charge is -2.30. The number of nitrogens with zero attached hydrogens (tertiary/aromatic N) is 3. The lowest BCUT2D eigenvalue weighted by Crippen LogP contribution is -2.23. The minimum atomic E-state index is -0.0173. The zero-order valence-corrected chi connectivity index (χ0v) is 28.3. The molecule has 0 amide bonds. The average molecular weight is 644 g/mol. The molecule has 9 rings (SSSR count). The first-order valence-electron chi connectivity index (χ1n) is 17.6. The highest BCUT2D eigenvalue weighted by atomic mass is 15.1. The summed E-state index contributed by atoms with van der Waals surface area (Å²) in [5.74, 6) is 0. The quantitative estimate of drug-likeness (QED) is 0.173. The maximum absolute atomic E-state index is 5.31. The van der Waals surface area contributed by atoms with Gasteiger partial charge < -0.3 is 4.90 Å². The van der Waals surface area contributed by atoms with Crippen LogP contribution in [-0.2, 0) is 5.41 Å². The van der Waals surface area contributed by atoms with E-state index in [-0.39, 0.29) is 5.41 Å². The van der Waals surface area contributed by atoms with Crippen molar-refractivity contribution in [3.63, 3.8) is 0 Å². The summed E-state index contributed by atoms with van der Waals surface area (Å²) in [5.41, 5.74) is 14.6. The standard InChI is InChI=1S/C47H37N3/c1-3-47(4-2)40-21-11-10-20-38(40)39-30-27-34(31-41(39)47)46-45(48-42-22-12-13-23-43(42)49-46)33-25-28-36(29-26-33)50(35-17-6-5-7-18-35)44-24-14-16-32-15-8-9-19-37(32)44/h5-31H,3-4H2,1-2H3. The maximum atomic E-state index is 5.31. The van der Waals surface area contributed by atoms with Crippen molar-refractivity contribution in [2.24, 2.45) is 0 Å². The van der Waals surface area contributed by atoms with Gasteiger partial charge in [-0.2, -0.15) is 0 Å². The van der Waals surface area contributed by atoms with Gasteiger partial charge in [0.1, 0.15) is 0 Å². The molecule has 0 spiro atoms. The molecule has 1 aromatic heterocycles. The molecule has 0 radical (unpaired) electrons. The smallest absolute Gasteiger partial charge is 0.0973 e. The zero-order chi connectivity index (χ0) is 33.7. The molecule has 0 unspecified atom stereocenters. The predicted molar refractivity (Wildman–Crippen MR) is 209 cm³/mol. The first-order valence-corrected chi connectivity index (χ1v) is 17.6. The minimum absolute atomic E-state index is 0.0173. The number of fused-ring (bicyclic) bond motifs is 5. The highest BCUT2D eigenvalue weighted by Crippen LogP contribution is 2.53. The second kappa shape index (κ2) is 12.1. The summed E-state index contributed by atoms with van der Waals surface area (Å²) in [6.07, 6.45) is 2.09. The maximum Gasteiger partial charge on any atom is 0.0973 e. The van der Waals surface area contributed by atoms with E-state index in [0.29, 0.717) is 0 Å². The van der Waals surface area contributed by atoms with Gasteiger partial charge in [-0.1, -0.05) is 129 Å². The first kappa shape index (κ1) is 30.0. The molecule has 7 aromatic carbocycles. The summed E-state index contributed by atoms with van der Waals surface area (Å²) in [5, 5.41) is 2.42. The number of benzene rings is 7. The van der Waals surface area contributed by atoms with Gasteiger partial charge in [-0.25, -0.2) is 9.97 Å². The summed E-state index contributed by atoms with van der Waals surface area (Å²) in [7, 11) is 0. The minimum Gasteiger partial charge on any atom is -0.310 e. The molecule has 1 aliphatic rings. The Hall–Kier alpha value is -6.06. The molecule has 240 valence electrons. The van der Waals surface area contributed by atoms with Gasteiger partial charge in [0.2, 0.25) is 0 Å². The number of hydrogen-bond donors (Lipinski definition) is 0. The summed E-state index contributed by atoms with van der Waals surface area (Å²) in [4.78, 5) is 12.9. The topological polar surface area (TPSA) is 29.0 Å². The Kier molecular flexibility index (Phi) is 7.28. The molecule has 3 nitrogen and oxygen atoms in total. The summed E-state index contributed by atoms with van der Waals surface area (Å²) >= 11 is 0. The number of aromatic nitrogens is 2. The van der Waals surface area contributed by atoms with E-state index in [1.54, 1.807) is 0 Å². The van der Waals surface area contributed by atoms with Crippen molar-refractivity contribution in [3.8, 4) is 33.6 Å². The van der Waals surface area contributed by atoms with Crippen molar-refractivity contribution in [2.45, 2.75) is 32.1 Å². The molecule has 0 saturated carbocycles. The molecule has 0 saturated heterocycles. The van der Waals surface area contributed by atoms with Gasteiger partial charge in [-0.15, -0.1) is 0 Å². The highest BCUT2D eigenvalue weighted by Gasteiger charge is 2.40. The van der Waals surface area contributed by atoms with E-state index in [2.05, 4.69) is 170 Å². The SMILES string of the molecule is CCC1(CC)c2ccccc2-c2ccc(-c3nc4ccccc4nc3-c3ccc(N(c4ccccc4)c4cccc5ccccc45)cc3)cc21. The van der Waals surface area contributed by atoms with Crippen LogP contribution in [0, 0.1) is 0 Å². The van der Waals surface area contributed by atoms with Gasteiger partial charge in [0.25, 0.3) is 0 Å². The number of anilines is 3. The van der Waals surface area contributed by atoms with Crippen LogP contribution in [0.25, 0.3) is 55.4 Å². The Balaban J connectivity index is 1.20. The summed E-state index contributed by atoms with van der Waals surface area (Å²) in [6.45, 7) is 4.64. The fraction of sp³-hybridized carbons (Fsp3) is 0.106. The van der Waals surface area contributed by atoms with Gasteiger partial charge in [-0.05, 0) is 89.0 Å². The number of rotatable bonds is 7. The zero-order valence-electron chi connectivity index (χ0n) is 28.3. The van der Waals surface area contributed by atoms with Crippen molar-refractivity contribution in [1.82, 2.24) is 9.97 Å². The highest BCUT2D eigenvalue weighted by molar-refractivity contribution is 5.99. The fourth-order valence-corrected chi connectivity index (χ4v) is 8.19. The largest absolute Gasteiger partial charge is 0.310 e. The first-order chi connectivity index (χ1) is 24.7. The van der Waals surface area contributed by atoms with E-state index in [9.17, 15) is 0 Å². The Labute approximate surface area is 293 Å². The second-order valence-corrected chi connectivity index (χ2v) is 13.2. The fourth-order valence-electron chi connectivity index (χ4n) is 8.19. The van der Waals surface area contributed by atoms with Crippen LogP contribution < -0.4 is 4.90 Å². The van der Waals surface area contributed by atoms with Crippen LogP contribution in [-0.4, -0.2) is 9.97 Å². The third-order valence-corrected chi connectivity index (χ3v) is 10.7. The van der Waals surface area contributed by atoms with Crippen LogP contribution in [0.15, 0.2) is 164 Å². The molecule has 3 heteroatoms. The number of hydrogen-bond acceptors (Lipinski definition) is 3. The molecule has 0 bridgehead atoms. The lowest BCUT2D eigenvalue weighted by atomic mass is 9.73. The van der Waals surface area contributed by atoms with E-state index in [0.717, 1.165) is 63.5 Å². The van der Waals surface area contributed by atoms with E-state index >= 15 is 0 Å². The van der Waals surface area contributed by atoms with Crippen molar-refractivity contribution in [1.29, 1.82) is 0 Å².